The van der Waals surface area contributed by atoms with Gasteiger partial charge in [-0.05, 0) is 37.3 Å². The van der Waals surface area contributed by atoms with Crippen molar-refractivity contribution in [2.24, 2.45) is 10.2 Å². The molecule has 0 aliphatic rings. The van der Waals surface area contributed by atoms with Crippen LogP contribution in [-0.4, -0.2) is 26.5 Å². The number of halogens is 1. The first kappa shape index (κ1) is 19.3. The lowest BCUT2D eigenvalue weighted by Crippen LogP contribution is -2.01. The Morgan fingerprint density at radius 2 is 2.11 bits per heavy atom. The molecular formula is C19H17ClN8. The zero-order valence-electron chi connectivity index (χ0n) is 15.1. The van der Waals surface area contributed by atoms with Crippen LogP contribution in [0.25, 0.3) is 11.4 Å². The van der Waals surface area contributed by atoms with Crippen LogP contribution in [-0.2, 0) is 0 Å². The fraction of sp³-hybridized carbons (Fsp3) is 0.211. The van der Waals surface area contributed by atoms with E-state index in [-0.39, 0.29) is 6.04 Å². The molecule has 0 saturated carbocycles. The summed E-state index contributed by atoms with van der Waals surface area (Å²) >= 11 is 6.01. The van der Waals surface area contributed by atoms with Gasteiger partial charge in [0.1, 0.15) is 12.4 Å². The molecule has 2 aromatic heterocycles. The maximum absolute atomic E-state index is 8.55. The highest BCUT2D eigenvalue weighted by Gasteiger charge is 2.10. The Balaban J connectivity index is 1.78. The Bertz CT molecular complexity index is 1010. The van der Waals surface area contributed by atoms with Gasteiger partial charge in [0, 0.05) is 22.5 Å². The highest BCUT2D eigenvalue weighted by Crippen LogP contribution is 2.22. The third-order valence-corrected chi connectivity index (χ3v) is 3.93. The Morgan fingerprint density at radius 1 is 1.21 bits per heavy atom. The molecule has 0 saturated heterocycles. The number of nitriles is 1. The molecule has 0 aliphatic carbocycles. The van der Waals surface area contributed by atoms with Crippen LogP contribution in [0.3, 0.4) is 0 Å². The molecule has 0 radical (unpaired) electrons. The normalized spacial score (nSPS) is 11.9. The average molecular weight is 393 g/mol. The van der Waals surface area contributed by atoms with Gasteiger partial charge in [0.15, 0.2) is 5.82 Å². The largest absolute Gasteiger partial charge is 0.324 e. The van der Waals surface area contributed by atoms with Crippen LogP contribution in [0.4, 0.5) is 11.6 Å². The van der Waals surface area contributed by atoms with E-state index < -0.39 is 0 Å². The fourth-order valence-corrected chi connectivity index (χ4v) is 2.54. The number of aromatic nitrogens is 4. The molecular weight excluding hydrogens is 376 g/mol. The van der Waals surface area contributed by atoms with E-state index in [4.69, 9.17) is 16.9 Å². The standard InChI is InChI=1S/C19H17ClN8/c1-13(28-25-8-3-7-21)17-10-14(6-9-22-17)18-23-12-24-19(27-18)26-16-5-2-4-15(20)11-16/h2,4-6,9-13H,3,8H2,1H3,(H,23,24,26,27). The number of hydrogen-bond acceptors (Lipinski definition) is 8. The van der Waals surface area contributed by atoms with Crippen LogP contribution < -0.4 is 5.32 Å². The number of benzene rings is 1. The molecule has 0 fully saturated rings. The molecule has 1 N–H and O–H groups in total. The van der Waals surface area contributed by atoms with E-state index in [9.17, 15) is 0 Å². The van der Waals surface area contributed by atoms with Crippen LogP contribution in [0.2, 0.25) is 5.02 Å². The monoisotopic (exact) mass is 392 g/mol. The molecule has 8 nitrogen and oxygen atoms in total. The van der Waals surface area contributed by atoms with E-state index >= 15 is 0 Å². The summed E-state index contributed by atoms with van der Waals surface area (Å²) in [5.41, 5.74) is 2.31. The summed E-state index contributed by atoms with van der Waals surface area (Å²) in [5.74, 6) is 0.923. The summed E-state index contributed by atoms with van der Waals surface area (Å²) in [6.45, 7) is 2.27. The lowest BCUT2D eigenvalue weighted by Gasteiger charge is -2.08. The van der Waals surface area contributed by atoms with E-state index in [0.717, 1.165) is 16.9 Å². The second kappa shape index (κ2) is 9.48. The molecule has 3 rings (SSSR count). The van der Waals surface area contributed by atoms with Crippen LogP contribution in [0.1, 0.15) is 25.1 Å². The highest BCUT2D eigenvalue weighted by molar-refractivity contribution is 6.30. The van der Waals surface area contributed by atoms with Crippen LogP contribution in [0.15, 0.2) is 59.2 Å². The van der Waals surface area contributed by atoms with Crippen LogP contribution in [0, 0.1) is 11.3 Å². The quantitative estimate of drug-likeness (QED) is 0.458. The first-order valence-corrected chi connectivity index (χ1v) is 8.95. The van der Waals surface area contributed by atoms with Crippen molar-refractivity contribution < 1.29 is 0 Å². The molecule has 9 heteroatoms. The molecule has 140 valence electrons. The van der Waals surface area contributed by atoms with E-state index in [1.54, 1.807) is 18.3 Å². The molecule has 1 aromatic carbocycles. The zero-order valence-corrected chi connectivity index (χ0v) is 15.9. The Labute approximate surface area is 167 Å². The van der Waals surface area contributed by atoms with Gasteiger partial charge in [0.05, 0.1) is 24.7 Å². The molecule has 2 heterocycles. The van der Waals surface area contributed by atoms with E-state index in [2.05, 4.69) is 35.5 Å². The van der Waals surface area contributed by atoms with Gasteiger partial charge in [-0.1, -0.05) is 17.7 Å². The maximum atomic E-state index is 8.55. The van der Waals surface area contributed by atoms with E-state index in [0.29, 0.717) is 29.8 Å². The SMILES string of the molecule is CC(N=NCCC#N)c1cc(-c2ncnc(Nc3cccc(Cl)c3)n2)ccn1. The van der Waals surface area contributed by atoms with Crippen LogP contribution >= 0.6 is 11.6 Å². The second-order valence-corrected chi connectivity index (χ2v) is 6.24. The molecule has 3 aromatic rings. The number of azo groups is 1. The van der Waals surface area contributed by atoms with Crippen molar-refractivity contribution in [2.45, 2.75) is 19.4 Å². The van der Waals surface area contributed by atoms with Gasteiger partial charge in [-0.25, -0.2) is 9.97 Å². The van der Waals surface area contributed by atoms with Crippen molar-refractivity contribution in [3.8, 4) is 17.5 Å². The topological polar surface area (TPSA) is 112 Å². The number of nitrogens with zero attached hydrogens (tertiary/aromatic N) is 7. The minimum absolute atomic E-state index is 0.232. The predicted octanol–water partition coefficient (Wildman–Crippen LogP) is 4.76. The van der Waals surface area contributed by atoms with Gasteiger partial charge < -0.3 is 5.32 Å². The number of pyridine rings is 1. The third kappa shape index (κ3) is 5.28. The lowest BCUT2D eigenvalue weighted by atomic mass is 10.1. The van der Waals surface area contributed by atoms with Gasteiger partial charge in [-0.2, -0.15) is 20.5 Å². The van der Waals surface area contributed by atoms with E-state index in [1.807, 2.05) is 37.3 Å². The van der Waals surface area contributed by atoms with Crippen molar-refractivity contribution >= 4 is 23.2 Å². The average Bonchev–Trinajstić information content (AvgIpc) is 2.71. The summed E-state index contributed by atoms with van der Waals surface area (Å²) in [5, 5.41) is 20.5. The molecule has 0 amide bonds. The van der Waals surface area contributed by atoms with Crippen molar-refractivity contribution in [3.63, 3.8) is 0 Å². The summed E-state index contributed by atoms with van der Waals surface area (Å²) in [4.78, 5) is 17.2. The molecule has 0 aliphatic heterocycles. The van der Waals surface area contributed by atoms with Gasteiger partial charge >= 0.3 is 0 Å². The van der Waals surface area contributed by atoms with Crippen molar-refractivity contribution in [1.82, 2.24) is 19.9 Å². The lowest BCUT2D eigenvalue weighted by molar-refractivity contribution is 0.702. The first-order chi connectivity index (χ1) is 13.7. The number of anilines is 2. The minimum atomic E-state index is -0.232. The first-order valence-electron chi connectivity index (χ1n) is 8.57. The number of nitrogens with one attached hydrogen (secondary N) is 1. The van der Waals surface area contributed by atoms with Gasteiger partial charge in [-0.15, -0.1) is 0 Å². The predicted molar refractivity (Wildman–Crippen MR) is 106 cm³/mol. The molecule has 28 heavy (non-hydrogen) atoms. The Kier molecular flexibility index (Phi) is 6.54. The summed E-state index contributed by atoms with van der Waals surface area (Å²) < 4.78 is 0. The second-order valence-electron chi connectivity index (χ2n) is 5.80. The summed E-state index contributed by atoms with van der Waals surface area (Å²) in [6, 6.07) is 12.8. The smallest absolute Gasteiger partial charge is 0.230 e. The van der Waals surface area contributed by atoms with Gasteiger partial charge in [0.25, 0.3) is 0 Å². The molecule has 1 atom stereocenters. The summed E-state index contributed by atoms with van der Waals surface area (Å²) in [6.07, 6.45) is 3.47. The Hall–Kier alpha value is -3.44. The number of rotatable bonds is 7. The molecule has 0 spiro atoms. The third-order valence-electron chi connectivity index (χ3n) is 3.70. The fourth-order valence-electron chi connectivity index (χ4n) is 2.35. The van der Waals surface area contributed by atoms with Gasteiger partial charge in [0.2, 0.25) is 5.95 Å². The Morgan fingerprint density at radius 3 is 2.93 bits per heavy atom. The molecule has 1 unspecified atom stereocenters. The van der Waals surface area contributed by atoms with Crippen molar-refractivity contribution in [1.29, 1.82) is 5.26 Å². The zero-order chi connectivity index (χ0) is 19.8. The van der Waals surface area contributed by atoms with Crippen molar-refractivity contribution in [2.75, 3.05) is 11.9 Å². The van der Waals surface area contributed by atoms with Gasteiger partial charge in [-0.3, -0.25) is 4.98 Å². The molecule has 0 bridgehead atoms. The summed E-state index contributed by atoms with van der Waals surface area (Å²) in [7, 11) is 0. The highest BCUT2D eigenvalue weighted by atomic mass is 35.5. The number of hydrogen-bond donors (Lipinski definition) is 1. The maximum Gasteiger partial charge on any atom is 0.230 e. The minimum Gasteiger partial charge on any atom is -0.324 e. The van der Waals surface area contributed by atoms with Crippen LogP contribution in [0.5, 0.6) is 0 Å². The van der Waals surface area contributed by atoms with E-state index in [1.165, 1.54) is 6.33 Å². The van der Waals surface area contributed by atoms with Crippen molar-refractivity contribution in [3.05, 3.63) is 59.6 Å².